The van der Waals surface area contributed by atoms with E-state index in [4.69, 9.17) is 0 Å². The number of para-hydroxylation sites is 1. The summed E-state index contributed by atoms with van der Waals surface area (Å²) in [6, 6.07) is 14.3. The molecule has 0 aliphatic carbocycles. The number of piperidine rings is 1. The first-order valence-electron chi connectivity index (χ1n) is 11.4. The molecule has 3 aromatic rings. The molecule has 1 fully saturated rings. The van der Waals surface area contributed by atoms with Crippen LogP contribution in [0.15, 0.2) is 48.7 Å². The predicted octanol–water partition coefficient (Wildman–Crippen LogP) is 3.79. The van der Waals surface area contributed by atoms with Gasteiger partial charge in [-0.05, 0) is 81.1 Å². The number of benzene rings is 2. The lowest BCUT2D eigenvalue weighted by molar-refractivity contribution is -0.126. The first kappa shape index (κ1) is 22.1. The van der Waals surface area contributed by atoms with Gasteiger partial charge in [-0.3, -0.25) is 14.5 Å². The molecule has 1 aliphatic heterocycles. The number of H-pyrrole nitrogens is 1. The van der Waals surface area contributed by atoms with Gasteiger partial charge in [0.1, 0.15) is 0 Å². The summed E-state index contributed by atoms with van der Waals surface area (Å²) < 4.78 is 0. The van der Waals surface area contributed by atoms with E-state index in [0.717, 1.165) is 54.7 Å². The largest absolute Gasteiger partial charge is 0.361 e. The molecule has 2 heterocycles. The van der Waals surface area contributed by atoms with Gasteiger partial charge in [0.15, 0.2) is 0 Å². The van der Waals surface area contributed by atoms with Gasteiger partial charge >= 0.3 is 0 Å². The maximum absolute atomic E-state index is 12.6. The van der Waals surface area contributed by atoms with Crippen LogP contribution in [0, 0.1) is 19.8 Å². The molecule has 0 spiro atoms. The van der Waals surface area contributed by atoms with Crippen molar-refractivity contribution in [1.29, 1.82) is 0 Å². The first-order valence-corrected chi connectivity index (χ1v) is 11.4. The fourth-order valence-electron chi connectivity index (χ4n) is 4.61. The van der Waals surface area contributed by atoms with Gasteiger partial charge in [-0.15, -0.1) is 0 Å². The van der Waals surface area contributed by atoms with Gasteiger partial charge in [0.2, 0.25) is 11.8 Å². The van der Waals surface area contributed by atoms with E-state index in [0.29, 0.717) is 13.1 Å². The molecule has 4 rings (SSSR count). The molecular weight excluding hydrogens is 400 g/mol. The molecule has 0 unspecified atom stereocenters. The molecule has 1 aromatic heterocycles. The van der Waals surface area contributed by atoms with Crippen LogP contribution in [0.4, 0.5) is 5.69 Å². The van der Waals surface area contributed by atoms with Gasteiger partial charge in [-0.2, -0.15) is 0 Å². The Bertz CT molecular complexity index is 1080. The quantitative estimate of drug-likeness (QED) is 0.532. The minimum absolute atomic E-state index is 0.00312. The summed E-state index contributed by atoms with van der Waals surface area (Å²) in [5.74, 6) is 0.150. The monoisotopic (exact) mass is 432 g/mol. The molecule has 1 aliphatic rings. The van der Waals surface area contributed by atoms with Crippen LogP contribution in [0.3, 0.4) is 0 Å². The Morgan fingerprint density at radius 3 is 2.53 bits per heavy atom. The normalized spacial score (nSPS) is 15.1. The summed E-state index contributed by atoms with van der Waals surface area (Å²) in [5.41, 5.74) is 5.47. The van der Waals surface area contributed by atoms with Gasteiger partial charge in [0.05, 0.1) is 6.54 Å². The number of rotatable bonds is 7. The van der Waals surface area contributed by atoms with Crippen molar-refractivity contribution in [2.24, 2.45) is 5.92 Å². The molecule has 1 saturated heterocycles. The Balaban J connectivity index is 1.18. The molecule has 168 valence electrons. The zero-order valence-corrected chi connectivity index (χ0v) is 18.9. The van der Waals surface area contributed by atoms with Crippen molar-refractivity contribution >= 4 is 28.4 Å². The lowest BCUT2D eigenvalue weighted by Crippen LogP contribution is -2.43. The molecule has 3 N–H and O–H groups in total. The third kappa shape index (κ3) is 5.56. The van der Waals surface area contributed by atoms with Crippen molar-refractivity contribution in [3.8, 4) is 0 Å². The molecule has 2 amide bonds. The molecule has 6 heteroatoms. The summed E-state index contributed by atoms with van der Waals surface area (Å²) in [6.45, 7) is 6.58. The van der Waals surface area contributed by atoms with E-state index in [1.54, 1.807) is 0 Å². The van der Waals surface area contributed by atoms with Crippen LogP contribution in [0.1, 0.15) is 29.5 Å². The Labute approximate surface area is 189 Å². The maximum Gasteiger partial charge on any atom is 0.238 e. The average molecular weight is 433 g/mol. The highest BCUT2D eigenvalue weighted by Crippen LogP contribution is 2.20. The highest BCUT2D eigenvalue weighted by Gasteiger charge is 2.25. The van der Waals surface area contributed by atoms with Gasteiger partial charge in [0, 0.05) is 35.2 Å². The zero-order chi connectivity index (χ0) is 22.5. The highest BCUT2D eigenvalue weighted by molar-refractivity contribution is 5.92. The number of carbonyl (C=O) groups is 2. The van der Waals surface area contributed by atoms with Crippen molar-refractivity contribution in [1.82, 2.24) is 15.2 Å². The van der Waals surface area contributed by atoms with Gasteiger partial charge in [0.25, 0.3) is 0 Å². The van der Waals surface area contributed by atoms with Gasteiger partial charge < -0.3 is 15.6 Å². The van der Waals surface area contributed by atoms with E-state index in [9.17, 15) is 9.59 Å². The molecular formula is C26H32N4O2. The second-order valence-corrected chi connectivity index (χ2v) is 8.88. The van der Waals surface area contributed by atoms with Crippen LogP contribution in [-0.2, 0) is 16.0 Å². The molecule has 6 nitrogen and oxygen atoms in total. The summed E-state index contributed by atoms with van der Waals surface area (Å²) in [4.78, 5) is 30.5. The van der Waals surface area contributed by atoms with E-state index in [2.05, 4.69) is 38.7 Å². The third-order valence-corrected chi connectivity index (χ3v) is 6.20. The molecule has 0 radical (unpaired) electrons. The summed E-state index contributed by atoms with van der Waals surface area (Å²) in [7, 11) is 0. The van der Waals surface area contributed by atoms with Crippen LogP contribution in [0.25, 0.3) is 10.9 Å². The fraction of sp³-hybridized carbons (Fsp3) is 0.385. The number of likely N-dealkylation sites (tertiary alicyclic amines) is 1. The van der Waals surface area contributed by atoms with Crippen molar-refractivity contribution < 1.29 is 9.59 Å². The number of hydrogen-bond donors (Lipinski definition) is 3. The number of aromatic amines is 1. The summed E-state index contributed by atoms with van der Waals surface area (Å²) >= 11 is 0. The summed E-state index contributed by atoms with van der Waals surface area (Å²) in [6.07, 6.45) is 4.41. The number of anilines is 1. The molecule has 32 heavy (non-hydrogen) atoms. The summed E-state index contributed by atoms with van der Waals surface area (Å²) in [5, 5.41) is 7.32. The van der Waals surface area contributed by atoms with Crippen LogP contribution < -0.4 is 10.6 Å². The van der Waals surface area contributed by atoms with Crippen molar-refractivity contribution in [3.05, 3.63) is 65.4 Å². The van der Waals surface area contributed by atoms with Crippen molar-refractivity contribution in [3.63, 3.8) is 0 Å². The van der Waals surface area contributed by atoms with E-state index in [1.165, 1.54) is 10.9 Å². The maximum atomic E-state index is 12.6. The predicted molar refractivity (Wildman–Crippen MR) is 129 cm³/mol. The van der Waals surface area contributed by atoms with Crippen molar-refractivity contribution in [2.45, 2.75) is 33.1 Å². The lowest BCUT2D eigenvalue weighted by Gasteiger charge is -2.30. The van der Waals surface area contributed by atoms with E-state index < -0.39 is 0 Å². The highest BCUT2D eigenvalue weighted by atomic mass is 16.2. The SMILES string of the molecule is Cc1cc(C)cc(NC(=O)CN2CCC(C(=O)NCCc3c[nH]c4ccccc34)CC2)c1. The van der Waals surface area contributed by atoms with Crippen LogP contribution in [-0.4, -0.2) is 47.9 Å². The van der Waals surface area contributed by atoms with Crippen LogP contribution >= 0.6 is 0 Å². The Hall–Kier alpha value is -3.12. The number of nitrogens with one attached hydrogen (secondary N) is 3. The lowest BCUT2D eigenvalue weighted by atomic mass is 9.96. The van der Waals surface area contributed by atoms with Gasteiger partial charge in [-0.25, -0.2) is 0 Å². The number of fused-ring (bicyclic) bond motifs is 1. The van der Waals surface area contributed by atoms with Gasteiger partial charge in [-0.1, -0.05) is 24.3 Å². The number of carbonyl (C=O) groups excluding carboxylic acids is 2. The Kier molecular flexibility index (Phi) is 6.90. The fourth-order valence-corrected chi connectivity index (χ4v) is 4.61. The molecule has 0 atom stereocenters. The van der Waals surface area contributed by atoms with E-state index in [-0.39, 0.29) is 17.7 Å². The minimum atomic E-state index is -0.00312. The third-order valence-electron chi connectivity index (χ3n) is 6.20. The van der Waals surface area contributed by atoms with Crippen LogP contribution in [0.2, 0.25) is 0 Å². The number of amides is 2. The van der Waals surface area contributed by atoms with E-state index >= 15 is 0 Å². The Morgan fingerprint density at radius 1 is 1.06 bits per heavy atom. The Morgan fingerprint density at radius 2 is 1.78 bits per heavy atom. The number of hydrogen-bond acceptors (Lipinski definition) is 3. The number of aryl methyl sites for hydroxylation is 2. The van der Waals surface area contributed by atoms with Crippen molar-refractivity contribution in [2.75, 3.05) is 31.5 Å². The molecule has 0 bridgehead atoms. The minimum Gasteiger partial charge on any atom is -0.361 e. The van der Waals surface area contributed by atoms with Crippen LogP contribution in [0.5, 0.6) is 0 Å². The smallest absolute Gasteiger partial charge is 0.238 e. The standard InChI is InChI=1S/C26H32N4O2/c1-18-13-19(2)15-22(14-18)29-25(31)17-30-11-8-20(9-12-30)26(32)27-10-7-21-16-28-24-6-4-3-5-23(21)24/h3-6,13-16,20,28H,7-12,17H2,1-2H3,(H,27,32)(H,29,31). The topological polar surface area (TPSA) is 77.2 Å². The zero-order valence-electron chi connectivity index (χ0n) is 18.9. The first-order chi connectivity index (χ1) is 15.5. The molecule has 0 saturated carbocycles. The number of aromatic nitrogens is 1. The second kappa shape index (κ2) is 10.0. The van der Waals surface area contributed by atoms with E-state index in [1.807, 2.05) is 44.3 Å². The average Bonchev–Trinajstić information content (AvgIpc) is 3.16. The second-order valence-electron chi connectivity index (χ2n) is 8.88. The number of nitrogens with zero attached hydrogens (tertiary/aromatic N) is 1. The molecule has 2 aromatic carbocycles.